The molecule has 2 fully saturated rings. The zero-order valence-corrected chi connectivity index (χ0v) is 18.4. The van der Waals surface area contributed by atoms with Gasteiger partial charge >= 0.3 is 6.09 Å². The van der Waals surface area contributed by atoms with E-state index in [0.717, 1.165) is 5.69 Å². The topological polar surface area (TPSA) is 87.7 Å². The molecule has 2 N–H and O–H groups in total. The van der Waals surface area contributed by atoms with Crippen molar-refractivity contribution >= 4 is 46.8 Å². The maximum Gasteiger partial charge on any atom is 0.408 e. The molecule has 29 heavy (non-hydrogen) atoms. The van der Waals surface area contributed by atoms with Gasteiger partial charge < -0.3 is 15.0 Å². The van der Waals surface area contributed by atoms with Crippen molar-refractivity contribution in [2.75, 3.05) is 11.4 Å². The number of nitrogens with zero attached hydrogens (tertiary/aromatic N) is 1. The highest BCUT2D eigenvalue weighted by atomic mass is 35.5. The van der Waals surface area contributed by atoms with E-state index in [1.807, 2.05) is 27.7 Å². The molecule has 2 heterocycles. The lowest BCUT2D eigenvalue weighted by Crippen LogP contribution is -2.66. The molecule has 0 bridgehead atoms. The molecule has 0 saturated carbocycles. The second kappa shape index (κ2) is 8.03. The fourth-order valence-electron chi connectivity index (χ4n) is 3.61. The predicted octanol–water partition coefficient (Wildman–Crippen LogP) is 3.62. The van der Waals surface area contributed by atoms with Crippen LogP contribution in [0, 0.1) is 0 Å². The van der Waals surface area contributed by atoms with Crippen molar-refractivity contribution in [2.45, 2.75) is 64.1 Å². The largest absolute Gasteiger partial charge is 0.444 e. The Labute approximate surface area is 180 Å². The number of carbonyl (C=O) groups excluding carboxylic acids is 3. The van der Waals surface area contributed by atoms with E-state index in [-0.39, 0.29) is 30.3 Å². The van der Waals surface area contributed by atoms with Crippen molar-refractivity contribution in [3.8, 4) is 0 Å². The molecule has 0 aliphatic carbocycles. The number of halogens is 2. The van der Waals surface area contributed by atoms with Gasteiger partial charge in [-0.3, -0.25) is 14.9 Å². The normalized spacial score (nSPS) is 24.6. The Morgan fingerprint density at radius 3 is 2.38 bits per heavy atom. The van der Waals surface area contributed by atoms with Crippen molar-refractivity contribution < 1.29 is 19.1 Å². The van der Waals surface area contributed by atoms with Gasteiger partial charge in [0.25, 0.3) is 0 Å². The van der Waals surface area contributed by atoms with Gasteiger partial charge in [-0.15, -0.1) is 0 Å². The minimum atomic E-state index is -0.552. The van der Waals surface area contributed by atoms with Gasteiger partial charge in [-0.25, -0.2) is 4.79 Å². The number of carbonyl (C=O) groups is 3. The van der Waals surface area contributed by atoms with E-state index in [4.69, 9.17) is 27.9 Å². The molecule has 1 unspecified atom stereocenters. The molecule has 9 heteroatoms. The zero-order chi connectivity index (χ0) is 21.5. The third-order valence-electron chi connectivity index (χ3n) is 5.15. The standard InChI is InChI=1S/C20H25Cl2N3O4/c1-10-15(23-19(28)29-20(2,3)4)9-25(10)11-7-13(21)17(14(22)8-11)12-5-6-16(26)24-18(12)27/h7-8,10,12,15H,5-6,9H2,1-4H3,(H,23,28)(H,24,26,27)/t10-,12?,15+/m1/s1. The molecule has 158 valence electrons. The van der Waals surface area contributed by atoms with Crippen molar-refractivity contribution in [3.63, 3.8) is 0 Å². The molecule has 3 rings (SSSR count). The number of anilines is 1. The van der Waals surface area contributed by atoms with E-state index in [1.165, 1.54) is 0 Å². The Hall–Kier alpha value is -1.99. The second-order valence-electron chi connectivity index (χ2n) is 8.47. The van der Waals surface area contributed by atoms with Gasteiger partial charge in [0.05, 0.1) is 12.0 Å². The summed E-state index contributed by atoms with van der Waals surface area (Å²) in [7, 11) is 0. The van der Waals surface area contributed by atoms with Crippen LogP contribution in [0.1, 0.15) is 52.0 Å². The van der Waals surface area contributed by atoms with Crippen LogP contribution in [-0.4, -0.2) is 42.1 Å². The first kappa shape index (κ1) is 21.7. The molecule has 1 aromatic rings. The number of nitrogens with one attached hydrogen (secondary N) is 2. The van der Waals surface area contributed by atoms with E-state index in [9.17, 15) is 14.4 Å². The van der Waals surface area contributed by atoms with Crippen LogP contribution < -0.4 is 15.5 Å². The van der Waals surface area contributed by atoms with Crippen molar-refractivity contribution in [1.82, 2.24) is 10.6 Å². The molecule has 7 nitrogen and oxygen atoms in total. The monoisotopic (exact) mass is 441 g/mol. The maximum atomic E-state index is 12.2. The number of ether oxygens (including phenoxy) is 1. The van der Waals surface area contributed by atoms with Gasteiger partial charge in [0.1, 0.15) is 5.60 Å². The van der Waals surface area contributed by atoms with Gasteiger partial charge in [0.2, 0.25) is 11.8 Å². The number of alkyl carbamates (subject to hydrolysis) is 1. The molecular weight excluding hydrogens is 417 g/mol. The van der Waals surface area contributed by atoms with Crippen molar-refractivity contribution in [2.24, 2.45) is 0 Å². The third-order valence-corrected chi connectivity index (χ3v) is 5.78. The van der Waals surface area contributed by atoms with Crippen LogP contribution in [0.2, 0.25) is 10.0 Å². The van der Waals surface area contributed by atoms with Gasteiger partial charge in [0, 0.05) is 40.3 Å². The number of imide groups is 1. The lowest BCUT2D eigenvalue weighted by molar-refractivity contribution is -0.134. The summed E-state index contributed by atoms with van der Waals surface area (Å²) in [4.78, 5) is 37.6. The Kier molecular flexibility index (Phi) is 6.01. The van der Waals surface area contributed by atoms with Crippen LogP contribution in [0.25, 0.3) is 0 Å². The first-order valence-electron chi connectivity index (χ1n) is 9.55. The fourth-order valence-corrected chi connectivity index (χ4v) is 4.35. The van der Waals surface area contributed by atoms with Crippen LogP contribution in [0.5, 0.6) is 0 Å². The van der Waals surface area contributed by atoms with Gasteiger partial charge in [0.15, 0.2) is 0 Å². The fraction of sp³-hybridized carbons (Fsp3) is 0.550. The van der Waals surface area contributed by atoms with Crippen LogP contribution in [-0.2, 0) is 14.3 Å². The number of amides is 3. The summed E-state index contributed by atoms with van der Waals surface area (Å²) in [6.45, 7) is 8.03. The summed E-state index contributed by atoms with van der Waals surface area (Å²) in [5.41, 5.74) is 0.799. The van der Waals surface area contributed by atoms with Crippen LogP contribution in [0.15, 0.2) is 12.1 Å². The van der Waals surface area contributed by atoms with E-state index in [1.54, 1.807) is 12.1 Å². The van der Waals surface area contributed by atoms with E-state index < -0.39 is 17.6 Å². The predicted molar refractivity (Wildman–Crippen MR) is 112 cm³/mol. The third kappa shape index (κ3) is 4.78. The molecule has 3 atom stereocenters. The average Bonchev–Trinajstić information content (AvgIpc) is 2.57. The molecule has 0 aromatic heterocycles. The molecule has 1 aromatic carbocycles. The summed E-state index contributed by atoms with van der Waals surface area (Å²) in [5.74, 6) is -1.21. The summed E-state index contributed by atoms with van der Waals surface area (Å²) < 4.78 is 5.30. The van der Waals surface area contributed by atoms with E-state index >= 15 is 0 Å². The molecule has 0 spiro atoms. The number of benzene rings is 1. The summed E-state index contributed by atoms with van der Waals surface area (Å²) in [6, 6.07) is 3.51. The molecule has 0 radical (unpaired) electrons. The Balaban J connectivity index is 1.69. The molecule has 3 amide bonds. The lowest BCUT2D eigenvalue weighted by Gasteiger charge is -2.48. The Morgan fingerprint density at radius 2 is 1.86 bits per heavy atom. The average molecular weight is 442 g/mol. The molecular formula is C20H25Cl2N3O4. The molecule has 2 aliphatic rings. The number of hydrogen-bond acceptors (Lipinski definition) is 5. The molecule has 2 aliphatic heterocycles. The first-order valence-corrected chi connectivity index (χ1v) is 10.3. The van der Waals surface area contributed by atoms with Crippen molar-refractivity contribution in [1.29, 1.82) is 0 Å². The highest BCUT2D eigenvalue weighted by Crippen LogP contribution is 2.40. The SMILES string of the molecule is C[C@@H]1[C@@H](NC(=O)OC(C)(C)C)CN1c1cc(Cl)c(C2CCC(=O)NC2=O)c(Cl)c1. The quantitative estimate of drug-likeness (QED) is 0.699. The van der Waals surface area contributed by atoms with Crippen LogP contribution in [0.3, 0.4) is 0 Å². The minimum absolute atomic E-state index is 0.0242. The van der Waals surface area contributed by atoms with Gasteiger partial charge in [-0.1, -0.05) is 23.2 Å². The number of hydrogen-bond donors (Lipinski definition) is 2. The van der Waals surface area contributed by atoms with Crippen molar-refractivity contribution in [3.05, 3.63) is 27.7 Å². The highest BCUT2D eigenvalue weighted by Gasteiger charge is 2.38. The lowest BCUT2D eigenvalue weighted by atomic mass is 9.89. The smallest absolute Gasteiger partial charge is 0.408 e. The Morgan fingerprint density at radius 1 is 1.24 bits per heavy atom. The highest BCUT2D eigenvalue weighted by molar-refractivity contribution is 6.37. The first-order chi connectivity index (χ1) is 13.5. The van der Waals surface area contributed by atoms with Crippen LogP contribution in [0.4, 0.5) is 10.5 Å². The van der Waals surface area contributed by atoms with E-state index in [2.05, 4.69) is 15.5 Å². The number of rotatable bonds is 3. The number of piperidine rings is 1. The minimum Gasteiger partial charge on any atom is -0.444 e. The Bertz CT molecular complexity index is 830. The summed E-state index contributed by atoms with van der Waals surface area (Å²) >= 11 is 12.9. The molecule has 2 saturated heterocycles. The zero-order valence-electron chi connectivity index (χ0n) is 16.8. The maximum absolute atomic E-state index is 12.2. The summed E-state index contributed by atoms with van der Waals surface area (Å²) in [6.07, 6.45) is 0.190. The van der Waals surface area contributed by atoms with Crippen LogP contribution >= 0.6 is 23.2 Å². The second-order valence-corrected chi connectivity index (χ2v) is 9.29. The van der Waals surface area contributed by atoms with E-state index in [0.29, 0.717) is 28.6 Å². The summed E-state index contributed by atoms with van der Waals surface area (Å²) in [5, 5.41) is 5.98. The van der Waals surface area contributed by atoms with Gasteiger partial charge in [-0.05, 0) is 46.2 Å². The van der Waals surface area contributed by atoms with Gasteiger partial charge in [-0.2, -0.15) is 0 Å².